The zero-order valence-corrected chi connectivity index (χ0v) is 12.4. The highest BCUT2D eigenvalue weighted by atomic mass is 32.2. The summed E-state index contributed by atoms with van der Waals surface area (Å²) in [4.78, 5) is 1.74. The van der Waals surface area contributed by atoms with Gasteiger partial charge in [0.05, 0.1) is 6.61 Å². The van der Waals surface area contributed by atoms with Crippen molar-refractivity contribution in [3.05, 3.63) is 29.6 Å². The van der Waals surface area contributed by atoms with Crippen LogP contribution in [0.3, 0.4) is 0 Å². The molecule has 1 saturated heterocycles. The zero-order chi connectivity index (χ0) is 14.9. The van der Waals surface area contributed by atoms with Gasteiger partial charge in [0, 0.05) is 25.7 Å². The molecule has 0 bridgehead atoms. The van der Waals surface area contributed by atoms with Crippen LogP contribution in [0, 0.1) is 5.82 Å². The number of piperazine rings is 1. The van der Waals surface area contributed by atoms with E-state index in [-0.39, 0.29) is 17.5 Å². The maximum absolute atomic E-state index is 13.9. The van der Waals surface area contributed by atoms with E-state index in [9.17, 15) is 12.8 Å². The predicted octanol–water partition coefficient (Wildman–Crippen LogP) is 0.643. The smallest absolute Gasteiger partial charge is 0.246 e. The van der Waals surface area contributed by atoms with Crippen LogP contribution in [0.15, 0.2) is 23.1 Å². The van der Waals surface area contributed by atoms with Crippen LogP contribution in [-0.4, -0.2) is 55.5 Å². The lowest BCUT2D eigenvalue weighted by Gasteiger charge is -2.36. The molecule has 1 unspecified atom stereocenters. The van der Waals surface area contributed by atoms with Gasteiger partial charge in [-0.2, -0.15) is 4.31 Å². The van der Waals surface area contributed by atoms with Crippen LogP contribution < -0.4 is 0 Å². The average molecular weight is 302 g/mol. The van der Waals surface area contributed by atoms with Gasteiger partial charge in [0.25, 0.3) is 0 Å². The van der Waals surface area contributed by atoms with Gasteiger partial charge < -0.3 is 10.0 Å². The number of rotatable bonds is 3. The van der Waals surface area contributed by atoms with Crippen molar-refractivity contribution in [3.8, 4) is 0 Å². The lowest BCUT2D eigenvalue weighted by molar-refractivity contribution is 0.159. The second kappa shape index (κ2) is 5.77. The molecule has 1 aliphatic heterocycles. The molecule has 7 heteroatoms. The molecule has 1 aromatic rings. The Bertz CT molecular complexity index is 591. The van der Waals surface area contributed by atoms with Crippen molar-refractivity contribution in [2.45, 2.75) is 24.5 Å². The predicted molar refractivity (Wildman–Crippen MR) is 73.2 cm³/mol. The fourth-order valence-electron chi connectivity index (χ4n) is 2.22. The van der Waals surface area contributed by atoms with Crippen LogP contribution in [0.25, 0.3) is 0 Å². The number of likely N-dealkylation sites (N-methyl/N-ethyl adjacent to an activating group) is 1. The topological polar surface area (TPSA) is 60.9 Å². The van der Waals surface area contributed by atoms with E-state index >= 15 is 0 Å². The molecule has 0 aromatic heterocycles. The summed E-state index contributed by atoms with van der Waals surface area (Å²) in [7, 11) is -1.89. The minimum Gasteiger partial charge on any atom is -0.392 e. The maximum atomic E-state index is 13.9. The highest BCUT2D eigenvalue weighted by Crippen LogP contribution is 2.22. The number of benzene rings is 1. The Morgan fingerprint density at radius 2 is 2.10 bits per heavy atom. The Morgan fingerprint density at radius 1 is 1.40 bits per heavy atom. The third kappa shape index (κ3) is 2.85. The molecule has 112 valence electrons. The van der Waals surface area contributed by atoms with Gasteiger partial charge in [0.2, 0.25) is 10.0 Å². The van der Waals surface area contributed by atoms with Crippen LogP contribution in [0.5, 0.6) is 0 Å². The van der Waals surface area contributed by atoms with E-state index in [0.717, 1.165) is 6.07 Å². The van der Waals surface area contributed by atoms with Crippen LogP contribution in [0.1, 0.15) is 12.5 Å². The van der Waals surface area contributed by atoms with E-state index in [4.69, 9.17) is 5.11 Å². The number of aliphatic hydroxyl groups excluding tert-OH is 1. The second-order valence-corrected chi connectivity index (χ2v) is 7.02. The van der Waals surface area contributed by atoms with Crippen molar-refractivity contribution in [2.75, 3.05) is 26.7 Å². The zero-order valence-electron chi connectivity index (χ0n) is 11.6. The van der Waals surface area contributed by atoms with Gasteiger partial charge in [0.15, 0.2) is 0 Å². The molecule has 5 nitrogen and oxygen atoms in total. The molecule has 1 N–H and O–H groups in total. The van der Waals surface area contributed by atoms with Crippen molar-refractivity contribution >= 4 is 10.0 Å². The van der Waals surface area contributed by atoms with Crippen molar-refractivity contribution in [1.82, 2.24) is 9.21 Å². The van der Waals surface area contributed by atoms with Crippen molar-refractivity contribution in [1.29, 1.82) is 0 Å². The Labute approximate surface area is 118 Å². The summed E-state index contributed by atoms with van der Waals surface area (Å²) in [6, 6.07) is 3.81. The summed E-state index contributed by atoms with van der Waals surface area (Å²) in [5.74, 6) is -0.817. The molecular weight excluding hydrogens is 283 g/mol. The third-order valence-electron chi connectivity index (χ3n) is 3.72. The fourth-order valence-corrected chi connectivity index (χ4v) is 3.78. The van der Waals surface area contributed by atoms with Crippen molar-refractivity contribution < 1.29 is 17.9 Å². The summed E-state index contributed by atoms with van der Waals surface area (Å²) < 4.78 is 40.2. The molecule has 1 heterocycles. The van der Waals surface area contributed by atoms with E-state index in [1.807, 2.05) is 14.0 Å². The van der Waals surface area contributed by atoms with E-state index in [2.05, 4.69) is 4.90 Å². The lowest BCUT2D eigenvalue weighted by atomic mass is 10.2. The maximum Gasteiger partial charge on any atom is 0.246 e. The Balaban J connectivity index is 2.31. The molecule has 0 saturated carbocycles. The minimum atomic E-state index is -3.82. The number of hydrogen-bond donors (Lipinski definition) is 1. The molecule has 0 spiro atoms. The van der Waals surface area contributed by atoms with E-state index < -0.39 is 15.8 Å². The molecule has 1 atom stereocenters. The van der Waals surface area contributed by atoms with Crippen molar-refractivity contribution in [2.24, 2.45) is 0 Å². The summed E-state index contributed by atoms with van der Waals surface area (Å²) in [6.07, 6.45) is 0. The number of nitrogens with zero attached hydrogens (tertiary/aromatic N) is 2. The first-order valence-corrected chi connectivity index (χ1v) is 7.90. The first kappa shape index (κ1) is 15.4. The molecule has 0 amide bonds. The van der Waals surface area contributed by atoms with Gasteiger partial charge in [-0.1, -0.05) is 6.07 Å². The van der Waals surface area contributed by atoms with Crippen LogP contribution in [-0.2, 0) is 16.6 Å². The SMILES string of the molecule is CC1CN(S(=O)(=O)c2ccc(CO)cc2F)CCN1C. The first-order chi connectivity index (χ1) is 9.36. The van der Waals surface area contributed by atoms with Gasteiger partial charge in [-0.25, -0.2) is 12.8 Å². The molecule has 1 aliphatic rings. The highest BCUT2D eigenvalue weighted by Gasteiger charge is 2.32. The summed E-state index contributed by atoms with van der Waals surface area (Å²) in [5.41, 5.74) is 0.355. The van der Waals surface area contributed by atoms with E-state index in [1.165, 1.54) is 16.4 Å². The largest absolute Gasteiger partial charge is 0.392 e. The molecule has 0 radical (unpaired) electrons. The van der Waals surface area contributed by atoms with E-state index in [1.54, 1.807) is 0 Å². The molecule has 1 aromatic carbocycles. The number of aliphatic hydroxyl groups is 1. The first-order valence-electron chi connectivity index (χ1n) is 6.46. The average Bonchev–Trinajstić information content (AvgIpc) is 2.41. The number of halogens is 1. The number of hydrogen-bond acceptors (Lipinski definition) is 4. The summed E-state index contributed by atoms with van der Waals surface area (Å²) >= 11 is 0. The van der Waals surface area contributed by atoms with Gasteiger partial charge in [-0.15, -0.1) is 0 Å². The standard InChI is InChI=1S/C13H19FN2O3S/c1-10-8-16(6-5-15(10)2)20(18,19)13-4-3-11(9-17)7-12(13)14/h3-4,7,10,17H,5-6,8-9H2,1-2H3. The normalized spacial score (nSPS) is 22.1. The Hall–Kier alpha value is -1.02. The highest BCUT2D eigenvalue weighted by molar-refractivity contribution is 7.89. The van der Waals surface area contributed by atoms with Crippen molar-refractivity contribution in [3.63, 3.8) is 0 Å². The van der Waals surface area contributed by atoms with Gasteiger partial charge in [0.1, 0.15) is 10.7 Å². The molecule has 2 rings (SSSR count). The molecule has 0 aliphatic carbocycles. The molecule has 1 fully saturated rings. The van der Waals surface area contributed by atoms with Gasteiger partial charge in [-0.3, -0.25) is 0 Å². The van der Waals surface area contributed by atoms with Crippen LogP contribution >= 0.6 is 0 Å². The van der Waals surface area contributed by atoms with E-state index in [0.29, 0.717) is 25.2 Å². The third-order valence-corrected chi connectivity index (χ3v) is 5.62. The molecule has 20 heavy (non-hydrogen) atoms. The monoisotopic (exact) mass is 302 g/mol. The van der Waals surface area contributed by atoms with Gasteiger partial charge >= 0.3 is 0 Å². The summed E-state index contributed by atoms with van der Waals surface area (Å²) in [5, 5.41) is 8.94. The minimum absolute atomic E-state index is 0.0956. The Kier molecular flexibility index (Phi) is 4.43. The fraction of sp³-hybridized carbons (Fsp3) is 0.538. The number of sulfonamides is 1. The van der Waals surface area contributed by atoms with Gasteiger partial charge in [-0.05, 0) is 31.7 Å². The Morgan fingerprint density at radius 3 is 2.65 bits per heavy atom. The molecular formula is C13H19FN2O3S. The summed E-state index contributed by atoms with van der Waals surface area (Å²) in [6.45, 7) is 2.94. The quantitative estimate of drug-likeness (QED) is 0.890. The van der Waals surface area contributed by atoms with Crippen LogP contribution in [0.4, 0.5) is 4.39 Å². The lowest BCUT2D eigenvalue weighted by Crippen LogP contribution is -2.51. The van der Waals surface area contributed by atoms with Crippen LogP contribution in [0.2, 0.25) is 0 Å². The second-order valence-electron chi connectivity index (χ2n) is 5.12.